The average Bonchev–Trinajstić information content (AvgIpc) is 2.48. The summed E-state index contributed by atoms with van der Waals surface area (Å²) in [5.41, 5.74) is 5.54. The minimum Gasteiger partial charge on any atom is -0.397 e. The number of nitro groups is 1. The van der Waals surface area contributed by atoms with Crippen molar-refractivity contribution in [3.8, 4) is 0 Å². The summed E-state index contributed by atoms with van der Waals surface area (Å²) >= 11 is 5.83. The molecule has 0 saturated carbocycles. The van der Waals surface area contributed by atoms with Gasteiger partial charge in [-0.25, -0.2) is 0 Å². The van der Waals surface area contributed by atoms with Crippen molar-refractivity contribution < 1.29 is 14.5 Å². The van der Waals surface area contributed by atoms with E-state index in [4.69, 9.17) is 22.1 Å². The maximum Gasteiger partial charge on any atom is 0.271 e. The Bertz CT molecular complexity index is 559. The number of ether oxygens (including phenoxy) is 1. The van der Waals surface area contributed by atoms with Crippen molar-refractivity contribution in [1.29, 1.82) is 0 Å². The van der Waals surface area contributed by atoms with E-state index in [1.54, 1.807) is 0 Å². The molecule has 3 N–H and O–H groups in total. The van der Waals surface area contributed by atoms with Crippen molar-refractivity contribution >= 4 is 28.9 Å². The second kappa shape index (κ2) is 6.73. The molecule has 0 unspecified atom stereocenters. The molecule has 1 amide bonds. The number of benzene rings is 1. The molecule has 114 valence electrons. The molecule has 0 atom stereocenters. The van der Waals surface area contributed by atoms with Crippen molar-refractivity contribution in [2.45, 2.75) is 12.8 Å². The molecule has 1 aliphatic rings. The van der Waals surface area contributed by atoms with E-state index in [0.717, 1.165) is 25.0 Å². The van der Waals surface area contributed by atoms with E-state index in [-0.39, 0.29) is 22.0 Å². The number of carbonyl (C=O) groups excluding carboxylic acids is 1. The maximum atomic E-state index is 12.1. The molecule has 0 aliphatic carbocycles. The van der Waals surface area contributed by atoms with Gasteiger partial charge in [-0.15, -0.1) is 0 Å². The van der Waals surface area contributed by atoms with Gasteiger partial charge in [-0.1, -0.05) is 11.6 Å². The Labute approximate surface area is 126 Å². The predicted octanol–water partition coefficient (Wildman–Crippen LogP) is 1.99. The summed E-state index contributed by atoms with van der Waals surface area (Å²) in [6, 6.07) is 2.27. The van der Waals surface area contributed by atoms with Gasteiger partial charge in [0.05, 0.1) is 21.2 Å². The first kappa shape index (κ1) is 15.5. The van der Waals surface area contributed by atoms with Gasteiger partial charge >= 0.3 is 0 Å². The first-order chi connectivity index (χ1) is 9.99. The van der Waals surface area contributed by atoms with Crippen LogP contribution in [0.25, 0.3) is 0 Å². The van der Waals surface area contributed by atoms with Crippen molar-refractivity contribution in [2.24, 2.45) is 5.92 Å². The largest absolute Gasteiger partial charge is 0.397 e. The third-order valence-corrected chi connectivity index (χ3v) is 3.77. The fraction of sp³-hybridized carbons (Fsp3) is 0.462. The highest BCUT2D eigenvalue weighted by Gasteiger charge is 2.20. The number of nitrogen functional groups attached to an aromatic ring is 1. The Morgan fingerprint density at radius 3 is 2.76 bits per heavy atom. The van der Waals surface area contributed by atoms with E-state index in [9.17, 15) is 14.9 Å². The molecule has 2 rings (SSSR count). The zero-order chi connectivity index (χ0) is 15.4. The Hall–Kier alpha value is -1.86. The van der Waals surface area contributed by atoms with Crippen LogP contribution in [0.1, 0.15) is 23.2 Å². The summed E-state index contributed by atoms with van der Waals surface area (Å²) in [7, 11) is 0. The number of nitrogens with two attached hydrogens (primary N) is 1. The summed E-state index contributed by atoms with van der Waals surface area (Å²) in [5, 5.41) is 13.6. The molecular weight excluding hydrogens is 298 g/mol. The zero-order valence-corrected chi connectivity index (χ0v) is 12.1. The smallest absolute Gasteiger partial charge is 0.271 e. The van der Waals surface area contributed by atoms with Crippen LogP contribution in [0.4, 0.5) is 11.4 Å². The molecule has 1 heterocycles. The molecule has 1 fully saturated rings. The zero-order valence-electron chi connectivity index (χ0n) is 11.3. The number of halogens is 1. The number of hydrogen-bond acceptors (Lipinski definition) is 5. The van der Waals surface area contributed by atoms with Crippen LogP contribution >= 0.6 is 11.6 Å². The van der Waals surface area contributed by atoms with E-state index in [1.165, 1.54) is 0 Å². The molecule has 1 aromatic carbocycles. The quantitative estimate of drug-likeness (QED) is 0.502. The first-order valence-corrected chi connectivity index (χ1v) is 6.96. The van der Waals surface area contributed by atoms with Gasteiger partial charge in [-0.3, -0.25) is 14.9 Å². The number of amides is 1. The van der Waals surface area contributed by atoms with Crippen molar-refractivity contribution in [1.82, 2.24) is 5.32 Å². The SMILES string of the molecule is Nc1c(Cl)cc([N+](=O)[O-])cc1C(=O)NCC1CCOCC1. The third kappa shape index (κ3) is 3.83. The van der Waals surface area contributed by atoms with Crippen LogP contribution in [-0.2, 0) is 4.74 Å². The highest BCUT2D eigenvalue weighted by Crippen LogP contribution is 2.28. The lowest BCUT2D eigenvalue weighted by atomic mass is 10.0. The van der Waals surface area contributed by atoms with E-state index in [2.05, 4.69) is 5.32 Å². The molecule has 1 saturated heterocycles. The number of anilines is 1. The number of nitrogens with zero attached hydrogens (tertiary/aromatic N) is 1. The van der Waals surface area contributed by atoms with Gasteiger partial charge in [-0.05, 0) is 18.8 Å². The van der Waals surface area contributed by atoms with E-state index in [1.807, 2.05) is 0 Å². The molecule has 8 heteroatoms. The molecule has 7 nitrogen and oxygen atoms in total. The summed E-state index contributed by atoms with van der Waals surface area (Å²) in [6.07, 6.45) is 1.76. The topological polar surface area (TPSA) is 107 Å². The lowest BCUT2D eigenvalue weighted by Crippen LogP contribution is -2.32. The van der Waals surface area contributed by atoms with E-state index in [0.29, 0.717) is 25.7 Å². The van der Waals surface area contributed by atoms with Crippen LogP contribution < -0.4 is 11.1 Å². The number of non-ortho nitro benzene ring substituents is 1. The highest BCUT2D eigenvalue weighted by molar-refractivity contribution is 6.34. The first-order valence-electron chi connectivity index (χ1n) is 6.58. The van der Waals surface area contributed by atoms with Gasteiger partial charge in [0.1, 0.15) is 0 Å². The van der Waals surface area contributed by atoms with Crippen LogP contribution in [0.15, 0.2) is 12.1 Å². The molecule has 0 spiro atoms. The molecule has 1 aliphatic heterocycles. The summed E-state index contributed by atoms with van der Waals surface area (Å²) in [4.78, 5) is 22.3. The predicted molar refractivity (Wildman–Crippen MR) is 78.4 cm³/mol. The van der Waals surface area contributed by atoms with Crippen LogP contribution in [0.2, 0.25) is 5.02 Å². The van der Waals surface area contributed by atoms with Gasteiger partial charge in [0.25, 0.3) is 11.6 Å². The van der Waals surface area contributed by atoms with Crippen molar-refractivity contribution in [2.75, 3.05) is 25.5 Å². The van der Waals surface area contributed by atoms with Gasteiger partial charge in [0.15, 0.2) is 0 Å². The van der Waals surface area contributed by atoms with Gasteiger partial charge < -0.3 is 15.8 Å². The second-order valence-electron chi connectivity index (χ2n) is 4.91. The number of rotatable bonds is 4. The molecule has 0 bridgehead atoms. The van der Waals surface area contributed by atoms with Crippen LogP contribution in [0.5, 0.6) is 0 Å². The molecule has 0 aromatic heterocycles. The summed E-state index contributed by atoms with van der Waals surface area (Å²) in [5.74, 6) is -0.109. The standard InChI is InChI=1S/C13H16ClN3O4/c14-11-6-9(17(19)20)5-10(12(11)15)13(18)16-7-8-1-3-21-4-2-8/h5-6,8H,1-4,7,15H2,(H,16,18). The number of carbonyl (C=O) groups is 1. The lowest BCUT2D eigenvalue weighted by Gasteiger charge is -2.22. The fourth-order valence-corrected chi connectivity index (χ4v) is 2.39. The van der Waals surface area contributed by atoms with Crippen molar-refractivity contribution in [3.63, 3.8) is 0 Å². The minimum atomic E-state index is -0.611. The summed E-state index contributed by atoms with van der Waals surface area (Å²) in [6.45, 7) is 1.86. The maximum absolute atomic E-state index is 12.1. The lowest BCUT2D eigenvalue weighted by molar-refractivity contribution is -0.384. The minimum absolute atomic E-state index is 0.000386. The molecule has 1 aromatic rings. The van der Waals surface area contributed by atoms with Gasteiger partial charge in [0.2, 0.25) is 0 Å². The molecule has 0 radical (unpaired) electrons. The van der Waals surface area contributed by atoms with Gasteiger partial charge in [-0.2, -0.15) is 0 Å². The van der Waals surface area contributed by atoms with Crippen LogP contribution in [0, 0.1) is 16.0 Å². The van der Waals surface area contributed by atoms with Gasteiger partial charge in [0, 0.05) is 31.9 Å². The molecule has 21 heavy (non-hydrogen) atoms. The third-order valence-electron chi connectivity index (χ3n) is 3.46. The Balaban J connectivity index is 2.09. The fourth-order valence-electron chi connectivity index (χ4n) is 2.18. The number of nitrogens with one attached hydrogen (secondary N) is 1. The van der Waals surface area contributed by atoms with Crippen molar-refractivity contribution in [3.05, 3.63) is 32.8 Å². The Morgan fingerprint density at radius 2 is 2.14 bits per heavy atom. The summed E-state index contributed by atoms with van der Waals surface area (Å²) < 4.78 is 5.24. The highest BCUT2D eigenvalue weighted by atomic mass is 35.5. The van der Waals surface area contributed by atoms with E-state index >= 15 is 0 Å². The van der Waals surface area contributed by atoms with Crippen LogP contribution in [0.3, 0.4) is 0 Å². The average molecular weight is 314 g/mol. The normalized spacial score (nSPS) is 15.7. The Kier molecular flexibility index (Phi) is 4.98. The molecular formula is C13H16ClN3O4. The Morgan fingerprint density at radius 1 is 1.48 bits per heavy atom. The number of nitro benzene ring substituents is 1. The van der Waals surface area contributed by atoms with E-state index < -0.39 is 10.8 Å². The van der Waals surface area contributed by atoms with Crippen LogP contribution in [-0.4, -0.2) is 30.6 Å². The monoisotopic (exact) mass is 313 g/mol. The second-order valence-corrected chi connectivity index (χ2v) is 5.32. The number of hydrogen-bond donors (Lipinski definition) is 2.